The molecule has 0 spiro atoms. The summed E-state index contributed by atoms with van der Waals surface area (Å²) in [7, 11) is 0. The Labute approximate surface area is 133 Å². The van der Waals surface area contributed by atoms with E-state index in [0.717, 1.165) is 5.69 Å². The van der Waals surface area contributed by atoms with Gasteiger partial charge in [0, 0.05) is 18.3 Å². The minimum absolute atomic E-state index is 0.0813. The van der Waals surface area contributed by atoms with E-state index < -0.39 is 10.3 Å². The van der Waals surface area contributed by atoms with Gasteiger partial charge in [-0.15, -0.1) is 0 Å². The highest BCUT2D eigenvalue weighted by atomic mass is 79.9. The molecule has 21 heavy (non-hydrogen) atoms. The summed E-state index contributed by atoms with van der Waals surface area (Å²) < 4.78 is 4.14. The first-order valence-corrected chi connectivity index (χ1v) is 7.54. The van der Waals surface area contributed by atoms with E-state index in [0.29, 0.717) is 13.2 Å². The number of nitrogens with zero attached hydrogens (tertiary/aromatic N) is 1. The second-order valence-corrected chi connectivity index (χ2v) is 6.86. The molecule has 1 aromatic rings. The molecule has 5 heteroatoms. The number of halogens is 1. The summed E-state index contributed by atoms with van der Waals surface area (Å²) in [5.41, 5.74) is 0.781. The molecule has 1 aromatic carbocycles. The van der Waals surface area contributed by atoms with Crippen LogP contribution in [0, 0.1) is 0 Å². The van der Waals surface area contributed by atoms with Gasteiger partial charge in [0.25, 0.3) is 0 Å². The summed E-state index contributed by atoms with van der Waals surface area (Å²) >= 11 is 3.38. The average Bonchev–Trinajstić information content (AvgIpc) is 2.43. The lowest BCUT2D eigenvalue weighted by molar-refractivity contribution is -0.137. The fourth-order valence-electron chi connectivity index (χ4n) is 1.68. The van der Waals surface area contributed by atoms with Crippen molar-refractivity contribution in [3.8, 4) is 0 Å². The van der Waals surface area contributed by atoms with Crippen LogP contribution in [0.25, 0.3) is 0 Å². The van der Waals surface area contributed by atoms with Gasteiger partial charge < -0.3 is 9.64 Å². The number of amides is 1. The van der Waals surface area contributed by atoms with E-state index in [4.69, 9.17) is 4.74 Å². The number of carbonyl (C=O) groups excluding carboxylic acids is 2. The lowest BCUT2D eigenvalue weighted by atomic mass is 10.1. The van der Waals surface area contributed by atoms with Crippen molar-refractivity contribution in [2.75, 3.05) is 18.1 Å². The van der Waals surface area contributed by atoms with Gasteiger partial charge in [0.05, 0.1) is 10.9 Å². The molecule has 0 N–H and O–H groups in total. The van der Waals surface area contributed by atoms with E-state index in [9.17, 15) is 9.59 Å². The zero-order valence-corrected chi connectivity index (χ0v) is 14.1. The van der Waals surface area contributed by atoms with Crippen LogP contribution in [-0.2, 0) is 14.3 Å². The summed E-state index contributed by atoms with van der Waals surface area (Å²) in [6.45, 7) is 5.97. The van der Waals surface area contributed by atoms with Gasteiger partial charge in [0.1, 0.15) is 0 Å². The molecule has 1 amide bonds. The monoisotopic (exact) mass is 353 g/mol. The van der Waals surface area contributed by atoms with Gasteiger partial charge >= 0.3 is 5.97 Å². The largest absolute Gasteiger partial charge is 0.463 e. The van der Waals surface area contributed by atoms with Gasteiger partial charge in [-0.3, -0.25) is 4.79 Å². The van der Waals surface area contributed by atoms with E-state index in [-0.39, 0.29) is 5.91 Å². The zero-order valence-electron chi connectivity index (χ0n) is 12.5. The number of carbonyl (C=O) groups is 2. The molecule has 0 fully saturated rings. The number of alkyl halides is 1. The van der Waals surface area contributed by atoms with Gasteiger partial charge in [-0.1, -0.05) is 40.2 Å². The maximum atomic E-state index is 12.5. The molecule has 0 unspecified atom stereocenters. The Bertz CT molecular complexity index is 506. The van der Waals surface area contributed by atoms with Crippen LogP contribution in [0.4, 0.5) is 5.69 Å². The molecule has 1 rings (SSSR count). The Morgan fingerprint density at radius 1 is 1.29 bits per heavy atom. The minimum Gasteiger partial charge on any atom is -0.463 e. The maximum Gasteiger partial charge on any atom is 0.330 e. The number of rotatable bonds is 6. The van der Waals surface area contributed by atoms with Crippen LogP contribution in [0.15, 0.2) is 42.5 Å². The normalized spacial score (nSPS) is 11.4. The van der Waals surface area contributed by atoms with Gasteiger partial charge in [0.15, 0.2) is 0 Å². The third kappa shape index (κ3) is 5.71. The highest BCUT2D eigenvalue weighted by Crippen LogP contribution is 2.23. The van der Waals surface area contributed by atoms with Crippen LogP contribution in [-0.4, -0.2) is 29.4 Å². The van der Waals surface area contributed by atoms with Crippen molar-refractivity contribution in [2.24, 2.45) is 0 Å². The zero-order chi connectivity index (χ0) is 15.9. The molecule has 0 aliphatic carbocycles. The summed E-state index contributed by atoms with van der Waals surface area (Å²) in [6, 6.07) is 9.33. The third-order valence-corrected chi connectivity index (χ3v) is 2.99. The molecule has 0 saturated carbocycles. The highest BCUT2D eigenvalue weighted by Gasteiger charge is 2.29. The van der Waals surface area contributed by atoms with Crippen molar-refractivity contribution in [3.63, 3.8) is 0 Å². The number of ether oxygens (including phenoxy) is 1. The number of hydrogen-bond donors (Lipinski definition) is 0. The molecule has 114 valence electrons. The molecule has 0 heterocycles. The first-order chi connectivity index (χ1) is 9.86. The lowest BCUT2D eigenvalue weighted by Crippen LogP contribution is -2.42. The van der Waals surface area contributed by atoms with Crippen molar-refractivity contribution in [1.82, 2.24) is 0 Å². The van der Waals surface area contributed by atoms with Crippen LogP contribution in [0.3, 0.4) is 0 Å². The quantitative estimate of drug-likeness (QED) is 0.447. The van der Waals surface area contributed by atoms with E-state index in [2.05, 4.69) is 15.9 Å². The molecule has 0 aliphatic rings. The molecule has 0 saturated heterocycles. The Hall–Kier alpha value is -1.62. The van der Waals surface area contributed by atoms with E-state index in [1.807, 2.05) is 30.3 Å². The summed E-state index contributed by atoms with van der Waals surface area (Å²) in [5, 5.41) is 0. The Morgan fingerprint density at radius 2 is 1.90 bits per heavy atom. The van der Waals surface area contributed by atoms with Crippen LogP contribution in [0.2, 0.25) is 0 Å². The highest BCUT2D eigenvalue weighted by molar-refractivity contribution is 9.10. The first kappa shape index (κ1) is 17.4. The summed E-state index contributed by atoms with van der Waals surface area (Å²) in [6.07, 6.45) is 2.97. The van der Waals surface area contributed by atoms with Crippen LogP contribution >= 0.6 is 15.9 Å². The van der Waals surface area contributed by atoms with Gasteiger partial charge in [-0.2, -0.15) is 0 Å². The van der Waals surface area contributed by atoms with E-state index in [1.54, 1.807) is 31.7 Å². The first-order valence-electron chi connectivity index (χ1n) is 6.75. The Morgan fingerprint density at radius 3 is 2.43 bits per heavy atom. The minimum atomic E-state index is -0.680. The van der Waals surface area contributed by atoms with Crippen LogP contribution in [0.1, 0.15) is 20.8 Å². The number of para-hydroxylation sites is 1. The average molecular weight is 354 g/mol. The third-order valence-electron chi connectivity index (χ3n) is 2.65. The Balaban J connectivity index is 2.89. The predicted molar refractivity (Wildman–Crippen MR) is 87.6 cm³/mol. The second kappa shape index (κ2) is 7.98. The van der Waals surface area contributed by atoms with Crippen LogP contribution in [0.5, 0.6) is 0 Å². The standard InChI is InChI=1S/C16H20BrNO3/c1-4-21-14(19)11-8-12-18(15(20)16(2,3)17)13-9-6-5-7-10-13/h5-11H,4,12H2,1-3H3/b11-8-. The van der Waals surface area contributed by atoms with Crippen molar-refractivity contribution in [1.29, 1.82) is 0 Å². The molecule has 0 atom stereocenters. The fraction of sp³-hybridized carbons (Fsp3) is 0.375. The van der Waals surface area contributed by atoms with Gasteiger partial charge in [-0.05, 0) is 32.9 Å². The molecular formula is C16H20BrNO3. The summed E-state index contributed by atoms with van der Waals surface area (Å²) in [5.74, 6) is -0.488. The van der Waals surface area contributed by atoms with Crippen molar-refractivity contribution in [3.05, 3.63) is 42.5 Å². The Kier molecular flexibility index (Phi) is 6.62. The molecule has 0 bridgehead atoms. The molecule has 0 radical (unpaired) electrons. The summed E-state index contributed by atoms with van der Waals surface area (Å²) in [4.78, 5) is 25.4. The van der Waals surface area contributed by atoms with Gasteiger partial charge in [0.2, 0.25) is 5.91 Å². The number of anilines is 1. The SMILES string of the molecule is CCOC(=O)/C=C\CN(C(=O)C(C)(C)Br)c1ccccc1. The lowest BCUT2D eigenvalue weighted by Gasteiger charge is -2.27. The molecule has 0 aliphatic heterocycles. The number of hydrogen-bond acceptors (Lipinski definition) is 3. The number of benzene rings is 1. The number of esters is 1. The van der Waals surface area contributed by atoms with Crippen molar-refractivity contribution >= 4 is 33.5 Å². The molecule has 4 nitrogen and oxygen atoms in total. The second-order valence-electron chi connectivity index (χ2n) is 4.88. The predicted octanol–water partition coefficient (Wildman–Crippen LogP) is 3.31. The molecule has 0 aromatic heterocycles. The topological polar surface area (TPSA) is 46.6 Å². The molecular weight excluding hydrogens is 334 g/mol. The fourth-order valence-corrected chi connectivity index (χ4v) is 1.89. The van der Waals surface area contributed by atoms with E-state index in [1.165, 1.54) is 6.08 Å². The maximum absolute atomic E-state index is 12.5. The van der Waals surface area contributed by atoms with Gasteiger partial charge in [-0.25, -0.2) is 4.79 Å². The van der Waals surface area contributed by atoms with Crippen molar-refractivity contribution < 1.29 is 14.3 Å². The van der Waals surface area contributed by atoms with E-state index >= 15 is 0 Å². The van der Waals surface area contributed by atoms with Crippen molar-refractivity contribution in [2.45, 2.75) is 25.1 Å². The smallest absolute Gasteiger partial charge is 0.330 e. The van der Waals surface area contributed by atoms with Crippen LogP contribution < -0.4 is 4.90 Å².